The first-order valence-electron chi connectivity index (χ1n) is 6.37. The van der Waals surface area contributed by atoms with Crippen LogP contribution in [0.1, 0.15) is 24.2 Å². The Bertz CT molecular complexity index is 585. The van der Waals surface area contributed by atoms with Gasteiger partial charge in [0.15, 0.2) is 0 Å². The van der Waals surface area contributed by atoms with Crippen LogP contribution in [0.3, 0.4) is 0 Å². The molecule has 0 fully saturated rings. The number of halogens is 3. The maximum atomic E-state index is 12.7. The number of rotatable bonds is 4. The summed E-state index contributed by atoms with van der Waals surface area (Å²) in [5, 5.41) is 0. The Hall–Kier alpha value is -2.08. The highest BCUT2D eigenvalue weighted by Crippen LogP contribution is 2.32. The summed E-state index contributed by atoms with van der Waals surface area (Å²) in [6.07, 6.45) is -1.78. The van der Waals surface area contributed by atoms with Crippen molar-refractivity contribution >= 4 is 0 Å². The number of nitrogens with zero attached hydrogens (tertiary/aromatic N) is 1. The van der Waals surface area contributed by atoms with Crippen molar-refractivity contribution in [3.05, 3.63) is 59.9 Å². The SMILES string of the molecule is CC(N)C(Oc1cccc(C(F)(F)F)c1)c1cccnc1. The highest BCUT2D eigenvalue weighted by Gasteiger charge is 2.31. The number of aromatic nitrogens is 1. The number of hydrogen-bond donors (Lipinski definition) is 1. The predicted octanol–water partition coefficient (Wildman–Crippen LogP) is 3.57. The van der Waals surface area contributed by atoms with E-state index in [2.05, 4.69) is 4.98 Å². The molecule has 0 radical (unpaired) electrons. The fourth-order valence-corrected chi connectivity index (χ4v) is 1.92. The molecule has 3 nitrogen and oxygen atoms in total. The van der Waals surface area contributed by atoms with Gasteiger partial charge in [-0.2, -0.15) is 13.2 Å². The molecule has 0 amide bonds. The second-order valence-electron chi connectivity index (χ2n) is 4.71. The van der Waals surface area contributed by atoms with Crippen molar-refractivity contribution in [2.45, 2.75) is 25.2 Å². The van der Waals surface area contributed by atoms with E-state index in [0.29, 0.717) is 5.56 Å². The van der Waals surface area contributed by atoms with Crippen molar-refractivity contribution in [1.82, 2.24) is 4.98 Å². The fourth-order valence-electron chi connectivity index (χ4n) is 1.92. The highest BCUT2D eigenvalue weighted by molar-refractivity contribution is 5.31. The first-order chi connectivity index (χ1) is 9.88. The third kappa shape index (κ3) is 3.95. The first-order valence-corrected chi connectivity index (χ1v) is 6.37. The van der Waals surface area contributed by atoms with E-state index in [-0.39, 0.29) is 5.75 Å². The zero-order valence-electron chi connectivity index (χ0n) is 11.3. The molecule has 2 rings (SSSR count). The Morgan fingerprint density at radius 3 is 2.52 bits per heavy atom. The molecular formula is C15H15F3N2O. The fraction of sp³-hybridized carbons (Fsp3) is 0.267. The van der Waals surface area contributed by atoms with Gasteiger partial charge < -0.3 is 10.5 Å². The van der Waals surface area contributed by atoms with Gasteiger partial charge in [0.1, 0.15) is 11.9 Å². The molecule has 2 atom stereocenters. The smallest absolute Gasteiger partial charge is 0.416 e. The third-order valence-corrected chi connectivity index (χ3v) is 2.91. The van der Waals surface area contributed by atoms with Crippen LogP contribution in [0.15, 0.2) is 48.8 Å². The second kappa shape index (κ2) is 6.13. The van der Waals surface area contributed by atoms with Gasteiger partial charge in [0.2, 0.25) is 0 Å². The largest absolute Gasteiger partial charge is 0.484 e. The van der Waals surface area contributed by atoms with Gasteiger partial charge >= 0.3 is 6.18 Å². The molecular weight excluding hydrogens is 281 g/mol. The van der Waals surface area contributed by atoms with Crippen molar-refractivity contribution in [2.75, 3.05) is 0 Å². The van der Waals surface area contributed by atoms with E-state index in [1.807, 2.05) is 0 Å². The Morgan fingerprint density at radius 2 is 1.95 bits per heavy atom. The molecule has 6 heteroatoms. The van der Waals surface area contributed by atoms with Crippen molar-refractivity contribution in [3.63, 3.8) is 0 Å². The van der Waals surface area contributed by atoms with Crippen molar-refractivity contribution in [3.8, 4) is 5.75 Å². The van der Waals surface area contributed by atoms with Gasteiger partial charge in [-0.05, 0) is 31.2 Å². The lowest BCUT2D eigenvalue weighted by atomic mass is 10.1. The van der Waals surface area contributed by atoms with E-state index in [1.165, 1.54) is 12.1 Å². The van der Waals surface area contributed by atoms with Crippen molar-refractivity contribution in [1.29, 1.82) is 0 Å². The van der Waals surface area contributed by atoms with Crippen LogP contribution in [-0.4, -0.2) is 11.0 Å². The molecule has 0 aliphatic heterocycles. The molecule has 112 valence electrons. The highest BCUT2D eigenvalue weighted by atomic mass is 19.4. The number of pyridine rings is 1. The Kier molecular flexibility index (Phi) is 4.47. The van der Waals surface area contributed by atoms with Gasteiger partial charge in [-0.1, -0.05) is 12.1 Å². The molecule has 2 N–H and O–H groups in total. The van der Waals surface area contributed by atoms with E-state index >= 15 is 0 Å². The topological polar surface area (TPSA) is 48.1 Å². The molecule has 0 aliphatic carbocycles. The standard InChI is InChI=1S/C15H15F3N2O/c1-10(19)14(11-4-3-7-20-9-11)21-13-6-2-5-12(8-13)15(16,17)18/h2-10,14H,19H2,1H3. The number of benzene rings is 1. The molecule has 1 heterocycles. The maximum absolute atomic E-state index is 12.7. The van der Waals surface area contributed by atoms with E-state index in [0.717, 1.165) is 12.1 Å². The summed E-state index contributed by atoms with van der Waals surface area (Å²) < 4.78 is 43.7. The summed E-state index contributed by atoms with van der Waals surface area (Å²) in [7, 11) is 0. The van der Waals surface area contributed by atoms with Crippen LogP contribution in [0.4, 0.5) is 13.2 Å². The third-order valence-electron chi connectivity index (χ3n) is 2.91. The summed E-state index contributed by atoms with van der Waals surface area (Å²) in [6, 6.07) is 7.84. The lowest BCUT2D eigenvalue weighted by Crippen LogP contribution is -2.29. The minimum Gasteiger partial charge on any atom is -0.484 e. The van der Waals surface area contributed by atoms with E-state index in [9.17, 15) is 13.2 Å². The maximum Gasteiger partial charge on any atom is 0.416 e. The second-order valence-corrected chi connectivity index (χ2v) is 4.71. The van der Waals surface area contributed by atoms with E-state index in [4.69, 9.17) is 10.5 Å². The minimum absolute atomic E-state index is 0.121. The molecule has 0 aliphatic rings. The summed E-state index contributed by atoms with van der Waals surface area (Å²) in [5.74, 6) is 0.121. The molecule has 0 bridgehead atoms. The normalized spacial score (nSPS) is 14.5. The van der Waals surface area contributed by atoms with Gasteiger partial charge in [-0.25, -0.2) is 0 Å². The van der Waals surface area contributed by atoms with Crippen LogP contribution in [0.2, 0.25) is 0 Å². The summed E-state index contributed by atoms with van der Waals surface area (Å²) in [4.78, 5) is 3.97. The van der Waals surface area contributed by atoms with Crippen molar-refractivity contribution in [2.24, 2.45) is 5.73 Å². The van der Waals surface area contributed by atoms with Gasteiger partial charge in [-0.3, -0.25) is 4.98 Å². The molecule has 1 aromatic heterocycles. The van der Waals surface area contributed by atoms with Crippen molar-refractivity contribution < 1.29 is 17.9 Å². The van der Waals surface area contributed by atoms with Crippen LogP contribution in [0.25, 0.3) is 0 Å². The predicted molar refractivity (Wildman–Crippen MR) is 72.7 cm³/mol. The van der Waals surface area contributed by atoms with Crippen LogP contribution in [0, 0.1) is 0 Å². The molecule has 2 unspecified atom stereocenters. The van der Waals surface area contributed by atoms with Crippen LogP contribution in [0.5, 0.6) is 5.75 Å². The van der Waals surface area contributed by atoms with E-state index in [1.54, 1.807) is 31.5 Å². The zero-order valence-corrected chi connectivity index (χ0v) is 11.3. The zero-order chi connectivity index (χ0) is 15.5. The molecule has 0 spiro atoms. The van der Waals surface area contributed by atoms with Gasteiger partial charge in [0.25, 0.3) is 0 Å². The molecule has 2 aromatic rings. The number of nitrogens with two attached hydrogens (primary N) is 1. The molecule has 21 heavy (non-hydrogen) atoms. The Balaban J connectivity index is 2.26. The monoisotopic (exact) mass is 296 g/mol. The quantitative estimate of drug-likeness (QED) is 0.938. The van der Waals surface area contributed by atoms with Crippen LogP contribution < -0.4 is 10.5 Å². The summed E-state index contributed by atoms with van der Waals surface area (Å²) >= 11 is 0. The van der Waals surface area contributed by atoms with Gasteiger partial charge in [-0.15, -0.1) is 0 Å². The van der Waals surface area contributed by atoms with Crippen LogP contribution in [-0.2, 0) is 6.18 Å². The average molecular weight is 296 g/mol. The summed E-state index contributed by atoms with van der Waals surface area (Å²) in [6.45, 7) is 1.73. The van der Waals surface area contributed by atoms with Gasteiger partial charge in [0, 0.05) is 24.0 Å². The summed E-state index contributed by atoms with van der Waals surface area (Å²) in [5.41, 5.74) is 5.82. The number of alkyl halides is 3. The van der Waals surface area contributed by atoms with Gasteiger partial charge in [0.05, 0.1) is 5.56 Å². The Labute approximate surface area is 120 Å². The molecule has 1 aromatic carbocycles. The number of hydrogen-bond acceptors (Lipinski definition) is 3. The Morgan fingerprint density at radius 1 is 1.19 bits per heavy atom. The lowest BCUT2D eigenvalue weighted by Gasteiger charge is -2.23. The van der Waals surface area contributed by atoms with Crippen LogP contribution >= 0.6 is 0 Å². The minimum atomic E-state index is -4.41. The average Bonchev–Trinajstić information content (AvgIpc) is 2.45. The molecule has 0 saturated heterocycles. The van der Waals surface area contributed by atoms with E-state index < -0.39 is 23.9 Å². The number of ether oxygens (including phenoxy) is 1. The lowest BCUT2D eigenvalue weighted by molar-refractivity contribution is -0.137. The first kappa shape index (κ1) is 15.3. The molecule has 0 saturated carbocycles.